The van der Waals surface area contributed by atoms with Gasteiger partial charge in [0.2, 0.25) is 5.89 Å². The minimum Gasteiger partial charge on any atom is -0.339 e. The molecule has 1 aromatic heterocycles. The van der Waals surface area contributed by atoms with Crippen LogP contribution in [-0.2, 0) is 12.8 Å². The molecule has 20 heavy (non-hydrogen) atoms. The van der Waals surface area contributed by atoms with Crippen molar-refractivity contribution >= 4 is 0 Å². The number of rotatable bonds is 4. The van der Waals surface area contributed by atoms with Crippen LogP contribution in [0.2, 0.25) is 0 Å². The highest BCUT2D eigenvalue weighted by Gasteiger charge is 2.17. The average Bonchev–Trinajstić information content (AvgIpc) is 2.87. The van der Waals surface area contributed by atoms with Crippen molar-refractivity contribution < 1.29 is 8.91 Å². The van der Waals surface area contributed by atoms with E-state index in [1.807, 2.05) is 6.07 Å². The average molecular weight is 275 g/mol. The van der Waals surface area contributed by atoms with Crippen molar-refractivity contribution in [1.29, 1.82) is 0 Å². The first-order valence-electron chi connectivity index (χ1n) is 7.06. The molecule has 0 bridgehead atoms. The highest BCUT2D eigenvalue weighted by molar-refractivity contribution is 5.19. The second-order valence-electron chi connectivity index (χ2n) is 5.33. The predicted molar refractivity (Wildman–Crippen MR) is 72.8 cm³/mol. The maximum absolute atomic E-state index is 13.1. The number of halogens is 1. The molecule has 1 unspecified atom stereocenters. The standard InChI is InChI=1S/C15H18FN3O/c16-13-5-1-3-11(7-13)8-14-18-15(20-19-14)9-12-4-2-6-17-10-12/h1,3,5,7,12,17H,2,4,6,8-10H2. The van der Waals surface area contributed by atoms with E-state index in [9.17, 15) is 4.39 Å². The second kappa shape index (κ2) is 6.13. The Hall–Kier alpha value is -1.75. The molecule has 1 N–H and O–H groups in total. The van der Waals surface area contributed by atoms with E-state index < -0.39 is 0 Å². The van der Waals surface area contributed by atoms with Crippen LogP contribution in [-0.4, -0.2) is 23.2 Å². The van der Waals surface area contributed by atoms with Crippen LogP contribution < -0.4 is 5.32 Å². The van der Waals surface area contributed by atoms with Crippen LogP contribution in [0.5, 0.6) is 0 Å². The first-order chi connectivity index (χ1) is 9.79. The lowest BCUT2D eigenvalue weighted by Gasteiger charge is -2.20. The van der Waals surface area contributed by atoms with Gasteiger partial charge in [0, 0.05) is 12.8 Å². The van der Waals surface area contributed by atoms with E-state index in [1.165, 1.54) is 25.0 Å². The third-order valence-electron chi connectivity index (χ3n) is 3.62. The van der Waals surface area contributed by atoms with Gasteiger partial charge in [-0.15, -0.1) is 0 Å². The summed E-state index contributed by atoms with van der Waals surface area (Å²) in [5.41, 5.74) is 0.858. The number of nitrogens with one attached hydrogen (secondary N) is 1. The quantitative estimate of drug-likeness (QED) is 0.930. The van der Waals surface area contributed by atoms with Crippen molar-refractivity contribution in [3.63, 3.8) is 0 Å². The molecule has 2 aromatic rings. The van der Waals surface area contributed by atoms with E-state index in [1.54, 1.807) is 6.07 Å². The SMILES string of the molecule is Fc1cccc(Cc2noc(CC3CCCNC3)n2)c1. The van der Waals surface area contributed by atoms with Gasteiger partial charge in [-0.3, -0.25) is 0 Å². The third-order valence-corrected chi connectivity index (χ3v) is 3.62. The van der Waals surface area contributed by atoms with Gasteiger partial charge in [-0.25, -0.2) is 4.39 Å². The van der Waals surface area contributed by atoms with Crippen LogP contribution in [0, 0.1) is 11.7 Å². The Balaban J connectivity index is 1.61. The summed E-state index contributed by atoms with van der Waals surface area (Å²) in [5.74, 6) is 1.64. The number of benzene rings is 1. The Labute approximate surface area is 117 Å². The van der Waals surface area contributed by atoms with Crippen molar-refractivity contribution in [3.8, 4) is 0 Å². The smallest absolute Gasteiger partial charge is 0.226 e. The highest BCUT2D eigenvalue weighted by atomic mass is 19.1. The van der Waals surface area contributed by atoms with Crippen molar-refractivity contribution in [1.82, 2.24) is 15.5 Å². The molecular formula is C15H18FN3O. The number of aromatic nitrogens is 2. The van der Waals surface area contributed by atoms with E-state index in [0.717, 1.165) is 25.1 Å². The van der Waals surface area contributed by atoms with Crippen LogP contribution in [0.4, 0.5) is 4.39 Å². The molecule has 0 aliphatic carbocycles. The summed E-state index contributed by atoms with van der Waals surface area (Å²) < 4.78 is 18.4. The molecule has 106 valence electrons. The van der Waals surface area contributed by atoms with E-state index in [2.05, 4.69) is 15.5 Å². The van der Waals surface area contributed by atoms with Gasteiger partial charge in [0.1, 0.15) is 5.82 Å². The molecule has 0 saturated carbocycles. The summed E-state index contributed by atoms with van der Waals surface area (Å²) in [7, 11) is 0. The van der Waals surface area contributed by atoms with Gasteiger partial charge >= 0.3 is 0 Å². The summed E-state index contributed by atoms with van der Waals surface area (Å²) in [6.07, 6.45) is 3.73. The fourth-order valence-electron chi connectivity index (χ4n) is 2.62. The summed E-state index contributed by atoms with van der Waals surface area (Å²) in [6.45, 7) is 2.12. The fraction of sp³-hybridized carbons (Fsp3) is 0.467. The molecule has 1 aliphatic rings. The second-order valence-corrected chi connectivity index (χ2v) is 5.33. The number of hydrogen-bond donors (Lipinski definition) is 1. The topological polar surface area (TPSA) is 51.0 Å². The molecule has 1 atom stereocenters. The number of nitrogens with zero attached hydrogens (tertiary/aromatic N) is 2. The van der Waals surface area contributed by atoms with Crippen LogP contribution >= 0.6 is 0 Å². The molecule has 1 saturated heterocycles. The zero-order valence-electron chi connectivity index (χ0n) is 11.3. The fourth-order valence-corrected chi connectivity index (χ4v) is 2.62. The molecule has 5 heteroatoms. The molecule has 3 rings (SSSR count). The maximum Gasteiger partial charge on any atom is 0.226 e. The Morgan fingerprint density at radius 1 is 1.40 bits per heavy atom. The minimum atomic E-state index is -0.237. The lowest BCUT2D eigenvalue weighted by Crippen LogP contribution is -2.30. The summed E-state index contributed by atoms with van der Waals surface area (Å²) >= 11 is 0. The van der Waals surface area contributed by atoms with E-state index in [0.29, 0.717) is 24.1 Å². The van der Waals surface area contributed by atoms with Crippen LogP contribution in [0.15, 0.2) is 28.8 Å². The zero-order valence-corrected chi connectivity index (χ0v) is 11.3. The zero-order chi connectivity index (χ0) is 13.8. The third kappa shape index (κ3) is 3.42. The Morgan fingerprint density at radius 3 is 3.15 bits per heavy atom. The number of hydrogen-bond acceptors (Lipinski definition) is 4. The van der Waals surface area contributed by atoms with E-state index in [4.69, 9.17) is 4.52 Å². The van der Waals surface area contributed by atoms with Crippen molar-refractivity contribution in [2.75, 3.05) is 13.1 Å². The molecule has 2 heterocycles. The van der Waals surface area contributed by atoms with E-state index >= 15 is 0 Å². The van der Waals surface area contributed by atoms with Crippen LogP contribution in [0.25, 0.3) is 0 Å². The maximum atomic E-state index is 13.1. The largest absolute Gasteiger partial charge is 0.339 e. The van der Waals surface area contributed by atoms with Gasteiger partial charge in [0.25, 0.3) is 0 Å². The molecule has 4 nitrogen and oxygen atoms in total. The molecule has 0 radical (unpaired) electrons. The Morgan fingerprint density at radius 2 is 2.35 bits per heavy atom. The lowest BCUT2D eigenvalue weighted by molar-refractivity contribution is 0.314. The summed E-state index contributed by atoms with van der Waals surface area (Å²) in [4.78, 5) is 4.40. The monoisotopic (exact) mass is 275 g/mol. The lowest BCUT2D eigenvalue weighted by atomic mass is 9.96. The van der Waals surface area contributed by atoms with Gasteiger partial charge < -0.3 is 9.84 Å². The normalized spacial score (nSPS) is 19.1. The number of piperidine rings is 1. The molecule has 1 aliphatic heterocycles. The first-order valence-corrected chi connectivity index (χ1v) is 7.06. The van der Waals surface area contributed by atoms with Gasteiger partial charge in [-0.2, -0.15) is 4.98 Å². The highest BCUT2D eigenvalue weighted by Crippen LogP contribution is 2.16. The summed E-state index contributed by atoms with van der Waals surface area (Å²) in [5, 5.41) is 7.35. The van der Waals surface area contributed by atoms with Gasteiger partial charge in [-0.05, 0) is 49.5 Å². The van der Waals surface area contributed by atoms with E-state index in [-0.39, 0.29) is 5.82 Å². The summed E-state index contributed by atoms with van der Waals surface area (Å²) in [6, 6.07) is 6.49. The molecule has 0 spiro atoms. The molecular weight excluding hydrogens is 257 g/mol. The van der Waals surface area contributed by atoms with Crippen LogP contribution in [0.1, 0.15) is 30.1 Å². The molecule has 0 amide bonds. The van der Waals surface area contributed by atoms with Gasteiger partial charge in [0.05, 0.1) is 0 Å². The predicted octanol–water partition coefficient (Wildman–Crippen LogP) is 2.34. The van der Waals surface area contributed by atoms with Crippen molar-refractivity contribution in [2.45, 2.75) is 25.7 Å². The minimum absolute atomic E-state index is 0.237. The van der Waals surface area contributed by atoms with Gasteiger partial charge in [0.15, 0.2) is 5.82 Å². The van der Waals surface area contributed by atoms with Crippen LogP contribution in [0.3, 0.4) is 0 Å². The van der Waals surface area contributed by atoms with Crippen molar-refractivity contribution in [2.24, 2.45) is 5.92 Å². The van der Waals surface area contributed by atoms with Gasteiger partial charge in [-0.1, -0.05) is 17.3 Å². The Bertz CT molecular complexity index is 564. The first kappa shape index (κ1) is 13.2. The molecule has 1 fully saturated rings. The Kier molecular flexibility index (Phi) is 4.06. The van der Waals surface area contributed by atoms with Crippen molar-refractivity contribution in [3.05, 3.63) is 47.4 Å². The molecule has 1 aromatic carbocycles.